The lowest BCUT2D eigenvalue weighted by molar-refractivity contribution is -0.130. The number of nitrogens with zero attached hydrogens (tertiary/aromatic N) is 3. The first-order valence-electron chi connectivity index (χ1n) is 10.2. The summed E-state index contributed by atoms with van der Waals surface area (Å²) < 4.78 is 0. The summed E-state index contributed by atoms with van der Waals surface area (Å²) in [6.07, 6.45) is 0.870. The predicted molar refractivity (Wildman–Crippen MR) is 119 cm³/mol. The van der Waals surface area contributed by atoms with Crippen LogP contribution in [0.25, 0.3) is 0 Å². The standard InChI is InChI=1S/C23H25ClN4O2/c1-16-14-21(29)25-26-23(16)18-4-8-20(9-5-18)27-10-12-28(13-11-27)22(30)15-17-2-6-19(24)7-3-17/h2-9,16H,10-15H2,1H3,(H,25,29). The summed E-state index contributed by atoms with van der Waals surface area (Å²) in [5.74, 6) is 0.227. The van der Waals surface area contributed by atoms with Crippen LogP contribution in [0.1, 0.15) is 24.5 Å². The third-order valence-corrected chi connectivity index (χ3v) is 5.94. The van der Waals surface area contributed by atoms with Gasteiger partial charge in [-0.05, 0) is 35.4 Å². The van der Waals surface area contributed by atoms with Crippen LogP contribution in [0.3, 0.4) is 0 Å². The van der Waals surface area contributed by atoms with Crippen LogP contribution in [0.2, 0.25) is 5.02 Å². The first-order chi connectivity index (χ1) is 14.5. The zero-order chi connectivity index (χ0) is 21.1. The van der Waals surface area contributed by atoms with Gasteiger partial charge in [-0.1, -0.05) is 42.8 Å². The number of carbonyl (C=O) groups is 2. The molecule has 30 heavy (non-hydrogen) atoms. The fraction of sp³-hybridized carbons (Fsp3) is 0.348. The van der Waals surface area contributed by atoms with E-state index in [-0.39, 0.29) is 17.7 Å². The van der Waals surface area contributed by atoms with Crippen molar-refractivity contribution in [3.63, 3.8) is 0 Å². The van der Waals surface area contributed by atoms with Gasteiger partial charge in [-0.2, -0.15) is 5.10 Å². The van der Waals surface area contributed by atoms with E-state index in [4.69, 9.17) is 11.6 Å². The molecule has 1 atom stereocenters. The predicted octanol–water partition coefficient (Wildman–Crippen LogP) is 3.09. The maximum absolute atomic E-state index is 12.6. The highest BCUT2D eigenvalue weighted by molar-refractivity contribution is 6.30. The molecule has 0 saturated carbocycles. The molecular weight excluding hydrogens is 400 g/mol. The van der Waals surface area contributed by atoms with Crippen molar-refractivity contribution in [2.45, 2.75) is 19.8 Å². The highest BCUT2D eigenvalue weighted by Crippen LogP contribution is 2.22. The fourth-order valence-corrected chi connectivity index (χ4v) is 4.07. The van der Waals surface area contributed by atoms with E-state index in [2.05, 4.69) is 39.7 Å². The summed E-state index contributed by atoms with van der Waals surface area (Å²) in [6.45, 7) is 5.05. The Bertz CT molecular complexity index is 948. The minimum Gasteiger partial charge on any atom is -0.368 e. The molecule has 1 saturated heterocycles. The molecule has 6 nitrogen and oxygen atoms in total. The second kappa shape index (κ2) is 8.88. The number of hydrogen-bond acceptors (Lipinski definition) is 4. The number of benzene rings is 2. The molecule has 2 aromatic rings. The van der Waals surface area contributed by atoms with Gasteiger partial charge in [-0.3, -0.25) is 9.59 Å². The lowest BCUT2D eigenvalue weighted by Gasteiger charge is -2.36. The van der Waals surface area contributed by atoms with Crippen molar-refractivity contribution in [3.05, 3.63) is 64.7 Å². The molecule has 156 valence electrons. The molecule has 2 heterocycles. The van der Waals surface area contributed by atoms with E-state index in [0.29, 0.717) is 31.0 Å². The molecule has 1 N–H and O–H groups in total. The zero-order valence-corrected chi connectivity index (χ0v) is 17.7. The smallest absolute Gasteiger partial charge is 0.240 e. The van der Waals surface area contributed by atoms with E-state index in [1.807, 2.05) is 36.1 Å². The van der Waals surface area contributed by atoms with E-state index in [0.717, 1.165) is 35.6 Å². The topological polar surface area (TPSA) is 65.0 Å². The summed E-state index contributed by atoms with van der Waals surface area (Å²) >= 11 is 5.91. The first-order valence-corrected chi connectivity index (χ1v) is 10.6. The fourth-order valence-electron chi connectivity index (χ4n) is 3.95. The number of nitrogens with one attached hydrogen (secondary N) is 1. The molecule has 0 bridgehead atoms. The summed E-state index contributed by atoms with van der Waals surface area (Å²) in [4.78, 5) is 28.3. The molecule has 2 aliphatic heterocycles. The monoisotopic (exact) mass is 424 g/mol. The Labute approximate surface area is 181 Å². The van der Waals surface area contributed by atoms with Crippen molar-refractivity contribution in [2.75, 3.05) is 31.1 Å². The first kappa shape index (κ1) is 20.4. The molecule has 4 rings (SSSR count). The number of halogens is 1. The van der Waals surface area contributed by atoms with Gasteiger partial charge in [-0.25, -0.2) is 5.43 Å². The third-order valence-electron chi connectivity index (χ3n) is 5.69. The quantitative estimate of drug-likeness (QED) is 0.820. The summed E-state index contributed by atoms with van der Waals surface area (Å²) in [7, 11) is 0. The van der Waals surface area contributed by atoms with Crippen molar-refractivity contribution < 1.29 is 9.59 Å². The second-order valence-electron chi connectivity index (χ2n) is 7.86. The van der Waals surface area contributed by atoms with Crippen LogP contribution in [0, 0.1) is 5.92 Å². The lowest BCUT2D eigenvalue weighted by atomic mass is 9.94. The van der Waals surface area contributed by atoms with Crippen molar-refractivity contribution in [1.29, 1.82) is 0 Å². The van der Waals surface area contributed by atoms with Crippen LogP contribution in [0.5, 0.6) is 0 Å². The molecule has 0 radical (unpaired) electrons. The Morgan fingerprint density at radius 1 is 1.07 bits per heavy atom. The highest BCUT2D eigenvalue weighted by atomic mass is 35.5. The van der Waals surface area contributed by atoms with Gasteiger partial charge < -0.3 is 9.80 Å². The Kier molecular flexibility index (Phi) is 6.04. The Hall–Kier alpha value is -2.86. The van der Waals surface area contributed by atoms with Gasteiger partial charge in [0.25, 0.3) is 0 Å². The molecule has 1 unspecified atom stereocenters. The lowest BCUT2D eigenvalue weighted by Crippen LogP contribution is -2.49. The van der Waals surface area contributed by atoms with E-state index in [1.54, 1.807) is 0 Å². The van der Waals surface area contributed by atoms with Crippen LogP contribution in [-0.2, 0) is 16.0 Å². The zero-order valence-electron chi connectivity index (χ0n) is 17.0. The van der Waals surface area contributed by atoms with Gasteiger partial charge in [0.1, 0.15) is 0 Å². The van der Waals surface area contributed by atoms with Gasteiger partial charge in [0.05, 0.1) is 12.1 Å². The van der Waals surface area contributed by atoms with Crippen LogP contribution in [0.4, 0.5) is 5.69 Å². The van der Waals surface area contributed by atoms with Crippen molar-refractivity contribution >= 4 is 34.8 Å². The second-order valence-corrected chi connectivity index (χ2v) is 8.29. The van der Waals surface area contributed by atoms with Crippen LogP contribution >= 0.6 is 11.6 Å². The van der Waals surface area contributed by atoms with Crippen LogP contribution in [0.15, 0.2) is 53.6 Å². The minimum atomic E-state index is -0.0358. The van der Waals surface area contributed by atoms with Crippen molar-refractivity contribution in [1.82, 2.24) is 10.3 Å². The molecule has 1 fully saturated rings. The average molecular weight is 425 g/mol. The minimum absolute atomic E-state index is 0.0358. The van der Waals surface area contributed by atoms with Crippen molar-refractivity contribution in [3.8, 4) is 0 Å². The maximum Gasteiger partial charge on any atom is 0.240 e. The largest absolute Gasteiger partial charge is 0.368 e. The average Bonchev–Trinajstić information content (AvgIpc) is 2.76. The Morgan fingerprint density at radius 2 is 1.73 bits per heavy atom. The Morgan fingerprint density at radius 3 is 2.37 bits per heavy atom. The molecule has 2 amide bonds. The number of carbonyl (C=O) groups excluding carboxylic acids is 2. The van der Waals surface area contributed by atoms with E-state index >= 15 is 0 Å². The molecule has 0 aliphatic carbocycles. The SMILES string of the molecule is CC1CC(=O)NN=C1c1ccc(N2CCN(C(=O)Cc3ccc(Cl)cc3)CC2)cc1. The Balaban J connectivity index is 1.33. The summed E-state index contributed by atoms with van der Waals surface area (Å²) in [5, 5.41) is 4.91. The van der Waals surface area contributed by atoms with Crippen LogP contribution < -0.4 is 10.3 Å². The van der Waals surface area contributed by atoms with Crippen molar-refractivity contribution in [2.24, 2.45) is 11.0 Å². The maximum atomic E-state index is 12.6. The molecule has 0 spiro atoms. The molecule has 2 aromatic carbocycles. The number of piperazine rings is 1. The number of hydrazone groups is 1. The molecule has 7 heteroatoms. The van der Waals surface area contributed by atoms with Gasteiger partial charge in [0.2, 0.25) is 11.8 Å². The molecule has 0 aromatic heterocycles. The van der Waals surface area contributed by atoms with Gasteiger partial charge in [0, 0.05) is 49.2 Å². The van der Waals surface area contributed by atoms with Gasteiger partial charge in [-0.15, -0.1) is 0 Å². The van der Waals surface area contributed by atoms with Gasteiger partial charge >= 0.3 is 0 Å². The van der Waals surface area contributed by atoms with E-state index in [1.165, 1.54) is 0 Å². The summed E-state index contributed by atoms with van der Waals surface area (Å²) in [6, 6.07) is 15.7. The van der Waals surface area contributed by atoms with Crippen LogP contribution in [-0.4, -0.2) is 48.6 Å². The van der Waals surface area contributed by atoms with E-state index < -0.39 is 0 Å². The van der Waals surface area contributed by atoms with Gasteiger partial charge in [0.15, 0.2) is 0 Å². The van der Waals surface area contributed by atoms with E-state index in [9.17, 15) is 9.59 Å². The normalized spacial score (nSPS) is 19.3. The number of rotatable bonds is 4. The summed E-state index contributed by atoms with van der Waals surface area (Å²) in [5.41, 5.74) is 6.64. The number of amides is 2. The molecular formula is C23H25ClN4O2. The number of anilines is 1. The molecule has 2 aliphatic rings. The number of hydrogen-bond donors (Lipinski definition) is 1. The third kappa shape index (κ3) is 4.65. The highest BCUT2D eigenvalue weighted by Gasteiger charge is 2.23.